The molecule has 0 spiro atoms. The Balaban J connectivity index is 1.34. The zero-order chi connectivity index (χ0) is 29.2. The summed E-state index contributed by atoms with van der Waals surface area (Å²) >= 11 is 5.92. The molecule has 4 aromatic carbocycles. The van der Waals surface area contributed by atoms with Gasteiger partial charge in [-0.3, -0.25) is 13.9 Å². The molecule has 0 bridgehead atoms. The van der Waals surface area contributed by atoms with Crippen LogP contribution < -0.4 is 19.8 Å². The summed E-state index contributed by atoms with van der Waals surface area (Å²) in [5.41, 5.74) is 4.70. The molecule has 0 aliphatic heterocycles. The molecule has 0 unspecified atom stereocenters. The van der Waals surface area contributed by atoms with Gasteiger partial charge in [0.05, 0.1) is 16.8 Å². The number of nitrogens with zero attached hydrogens (tertiary/aromatic N) is 2. The molecule has 2 amide bonds. The highest BCUT2D eigenvalue weighted by molar-refractivity contribution is 7.92. The minimum atomic E-state index is -4.01. The number of nitrogens with one attached hydrogen (secondary N) is 2. The van der Waals surface area contributed by atoms with E-state index >= 15 is 0 Å². The van der Waals surface area contributed by atoms with Crippen LogP contribution in [0.15, 0.2) is 113 Å². The summed E-state index contributed by atoms with van der Waals surface area (Å²) in [6.07, 6.45) is 1.41. The fourth-order valence-corrected chi connectivity index (χ4v) is 5.47. The van der Waals surface area contributed by atoms with Gasteiger partial charge in [0.2, 0.25) is 0 Å². The maximum absolute atomic E-state index is 13.4. The number of halogens is 1. The van der Waals surface area contributed by atoms with Crippen LogP contribution in [0.1, 0.15) is 11.1 Å². The normalized spacial score (nSPS) is 11.2. The third kappa shape index (κ3) is 8.17. The van der Waals surface area contributed by atoms with Gasteiger partial charge in [-0.05, 0) is 78.7 Å². The molecule has 41 heavy (non-hydrogen) atoms. The Morgan fingerprint density at radius 3 is 2.32 bits per heavy atom. The number of sulfonamides is 1. The highest BCUT2D eigenvalue weighted by Crippen LogP contribution is 2.26. The van der Waals surface area contributed by atoms with Crippen LogP contribution >= 0.6 is 11.6 Å². The average molecular weight is 591 g/mol. The summed E-state index contributed by atoms with van der Waals surface area (Å²) in [4.78, 5) is 25.0. The number of amides is 2. The second kappa shape index (κ2) is 13.6. The van der Waals surface area contributed by atoms with Crippen molar-refractivity contribution in [3.05, 3.63) is 119 Å². The largest absolute Gasteiger partial charge is 0.484 e. The van der Waals surface area contributed by atoms with E-state index in [-0.39, 0.29) is 17.4 Å². The van der Waals surface area contributed by atoms with Gasteiger partial charge in [0.15, 0.2) is 6.61 Å². The average Bonchev–Trinajstić information content (AvgIpc) is 2.96. The van der Waals surface area contributed by atoms with E-state index in [1.54, 1.807) is 97.9 Å². The molecule has 4 rings (SSSR count). The van der Waals surface area contributed by atoms with Crippen LogP contribution in [0, 0.1) is 6.92 Å². The van der Waals surface area contributed by atoms with Gasteiger partial charge in [0.25, 0.3) is 21.8 Å². The van der Waals surface area contributed by atoms with Crippen molar-refractivity contribution in [2.24, 2.45) is 5.10 Å². The van der Waals surface area contributed by atoms with Crippen LogP contribution in [0.4, 0.5) is 11.4 Å². The third-order valence-electron chi connectivity index (χ3n) is 5.76. The summed E-state index contributed by atoms with van der Waals surface area (Å²) in [5.74, 6) is -0.489. The van der Waals surface area contributed by atoms with E-state index < -0.39 is 22.5 Å². The number of benzene rings is 4. The molecule has 0 radical (unpaired) electrons. The van der Waals surface area contributed by atoms with Gasteiger partial charge in [-0.2, -0.15) is 5.10 Å². The summed E-state index contributed by atoms with van der Waals surface area (Å²) < 4.78 is 33.4. The first-order chi connectivity index (χ1) is 19.7. The van der Waals surface area contributed by atoms with Crippen LogP contribution in [0.2, 0.25) is 5.02 Å². The third-order valence-corrected chi connectivity index (χ3v) is 7.77. The second-order valence-electron chi connectivity index (χ2n) is 8.82. The maximum Gasteiger partial charge on any atom is 0.264 e. The minimum Gasteiger partial charge on any atom is -0.484 e. The summed E-state index contributed by atoms with van der Waals surface area (Å²) in [7, 11) is -4.01. The van der Waals surface area contributed by atoms with E-state index in [4.69, 9.17) is 16.3 Å². The van der Waals surface area contributed by atoms with Crippen molar-refractivity contribution >= 4 is 51.0 Å². The Kier molecular flexibility index (Phi) is 9.73. The molecule has 0 atom stereocenters. The number of hydrogen-bond acceptors (Lipinski definition) is 6. The highest BCUT2D eigenvalue weighted by Gasteiger charge is 2.28. The number of ether oxygens (including phenoxy) is 1. The van der Waals surface area contributed by atoms with Gasteiger partial charge in [-0.25, -0.2) is 13.8 Å². The number of anilines is 2. The van der Waals surface area contributed by atoms with Crippen molar-refractivity contribution in [2.45, 2.75) is 11.8 Å². The van der Waals surface area contributed by atoms with E-state index in [1.165, 1.54) is 18.3 Å². The monoisotopic (exact) mass is 590 g/mol. The van der Waals surface area contributed by atoms with E-state index in [0.717, 1.165) is 4.31 Å². The van der Waals surface area contributed by atoms with Crippen molar-refractivity contribution in [1.82, 2.24) is 5.43 Å². The number of carbonyl (C=O) groups is 2. The molecule has 9 nitrogen and oxygen atoms in total. The second-order valence-corrected chi connectivity index (χ2v) is 11.1. The van der Waals surface area contributed by atoms with E-state index in [1.807, 2.05) is 0 Å². The first-order valence-electron chi connectivity index (χ1n) is 12.5. The molecule has 0 heterocycles. The van der Waals surface area contributed by atoms with Gasteiger partial charge in [0.1, 0.15) is 12.3 Å². The Morgan fingerprint density at radius 1 is 0.902 bits per heavy atom. The smallest absolute Gasteiger partial charge is 0.264 e. The van der Waals surface area contributed by atoms with Crippen molar-refractivity contribution < 1.29 is 22.7 Å². The minimum absolute atomic E-state index is 0.0730. The number of para-hydroxylation sites is 1. The zero-order valence-electron chi connectivity index (χ0n) is 22.0. The standard InChI is InChI=1S/C30H27ClN4O5S/c1-22-8-5-6-13-28(22)35(41(38,39)27-11-3-2-4-12-27)20-29(36)34-32-19-23-14-16-26(17-15-23)40-21-30(37)33-25-10-7-9-24(31)18-25/h2-19H,20-21H2,1H3,(H,33,37)(H,34,36)/b32-19-. The van der Waals surface area contributed by atoms with Crippen molar-refractivity contribution in [3.8, 4) is 5.75 Å². The van der Waals surface area contributed by atoms with Gasteiger partial charge in [-0.15, -0.1) is 0 Å². The number of rotatable bonds is 11. The lowest BCUT2D eigenvalue weighted by molar-refractivity contribution is -0.119. The molecule has 0 aliphatic carbocycles. The quantitative estimate of drug-likeness (QED) is 0.188. The molecule has 0 saturated carbocycles. The number of carbonyl (C=O) groups excluding carboxylic acids is 2. The van der Waals surface area contributed by atoms with Gasteiger partial charge >= 0.3 is 0 Å². The topological polar surface area (TPSA) is 117 Å². The zero-order valence-corrected chi connectivity index (χ0v) is 23.6. The number of hydrogen-bond donors (Lipinski definition) is 2. The Morgan fingerprint density at radius 2 is 1.61 bits per heavy atom. The fourth-order valence-electron chi connectivity index (χ4n) is 3.77. The Labute approximate surface area is 243 Å². The Bertz CT molecular complexity index is 1650. The lowest BCUT2D eigenvalue weighted by Crippen LogP contribution is -2.40. The van der Waals surface area contributed by atoms with Crippen LogP contribution in [-0.2, 0) is 19.6 Å². The molecule has 210 valence electrons. The molecule has 11 heteroatoms. The molecular formula is C30H27ClN4O5S. The van der Waals surface area contributed by atoms with Crippen LogP contribution in [0.5, 0.6) is 5.75 Å². The van der Waals surface area contributed by atoms with Gasteiger partial charge < -0.3 is 10.1 Å². The summed E-state index contributed by atoms with van der Waals surface area (Å²) in [5, 5.41) is 7.17. The van der Waals surface area contributed by atoms with Crippen LogP contribution in [0.3, 0.4) is 0 Å². The molecule has 0 aliphatic rings. The predicted octanol–water partition coefficient (Wildman–Crippen LogP) is 5.01. The van der Waals surface area contributed by atoms with Gasteiger partial charge in [0, 0.05) is 10.7 Å². The number of aryl methyl sites for hydroxylation is 1. The van der Waals surface area contributed by atoms with Crippen molar-refractivity contribution in [2.75, 3.05) is 22.8 Å². The van der Waals surface area contributed by atoms with Gasteiger partial charge in [-0.1, -0.05) is 54.1 Å². The first-order valence-corrected chi connectivity index (χ1v) is 14.3. The van der Waals surface area contributed by atoms with E-state index in [2.05, 4.69) is 15.8 Å². The summed E-state index contributed by atoms with van der Waals surface area (Å²) in [6, 6.07) is 28.4. The molecular weight excluding hydrogens is 564 g/mol. The highest BCUT2D eigenvalue weighted by atomic mass is 35.5. The Hall–Kier alpha value is -4.67. The molecule has 0 fully saturated rings. The van der Waals surface area contributed by atoms with E-state index in [9.17, 15) is 18.0 Å². The molecule has 0 saturated heterocycles. The fraction of sp³-hybridized carbons (Fsp3) is 0.100. The molecule has 4 aromatic rings. The SMILES string of the molecule is Cc1ccccc1N(CC(=O)N/N=C\c1ccc(OCC(=O)Nc2cccc(Cl)c2)cc1)S(=O)(=O)c1ccccc1. The molecule has 2 N–H and O–H groups in total. The predicted molar refractivity (Wildman–Crippen MR) is 160 cm³/mol. The first kappa shape index (κ1) is 29.3. The van der Waals surface area contributed by atoms with Crippen molar-refractivity contribution in [1.29, 1.82) is 0 Å². The number of hydrazone groups is 1. The van der Waals surface area contributed by atoms with Crippen LogP contribution in [0.25, 0.3) is 0 Å². The van der Waals surface area contributed by atoms with E-state index in [0.29, 0.717) is 33.3 Å². The lowest BCUT2D eigenvalue weighted by atomic mass is 10.2. The van der Waals surface area contributed by atoms with Crippen molar-refractivity contribution in [3.63, 3.8) is 0 Å². The summed E-state index contributed by atoms with van der Waals surface area (Å²) in [6.45, 7) is 1.11. The maximum atomic E-state index is 13.4. The lowest BCUT2D eigenvalue weighted by Gasteiger charge is -2.25. The van der Waals surface area contributed by atoms with Crippen LogP contribution in [-0.4, -0.2) is 39.6 Å². The molecule has 0 aromatic heterocycles.